The van der Waals surface area contributed by atoms with Crippen LogP contribution in [0.15, 0.2) is 59.6 Å². The molecule has 2 aromatic carbocycles. The summed E-state index contributed by atoms with van der Waals surface area (Å²) in [6, 6.07) is 19.0. The zero-order valence-electron chi connectivity index (χ0n) is 19.0. The molecule has 0 bridgehead atoms. The Morgan fingerprint density at radius 2 is 1.77 bits per heavy atom. The highest BCUT2D eigenvalue weighted by atomic mass is 16.5. The van der Waals surface area contributed by atoms with E-state index in [-0.39, 0.29) is 11.6 Å². The van der Waals surface area contributed by atoms with Crippen molar-refractivity contribution in [1.82, 2.24) is 16.0 Å². The number of rotatable bonds is 9. The predicted molar refractivity (Wildman–Crippen MR) is 127 cm³/mol. The van der Waals surface area contributed by atoms with Gasteiger partial charge < -0.3 is 25.4 Å². The van der Waals surface area contributed by atoms with Crippen LogP contribution < -0.4 is 20.7 Å². The molecule has 6 heteroatoms. The molecule has 6 nitrogen and oxygen atoms in total. The van der Waals surface area contributed by atoms with Gasteiger partial charge in [0.2, 0.25) is 0 Å². The fraction of sp³-hybridized carbons (Fsp3) is 0.480. The molecule has 1 unspecified atom stereocenters. The molecule has 0 saturated carbocycles. The first kappa shape index (κ1) is 23.1. The maximum absolute atomic E-state index is 5.74. The molecule has 0 aromatic heterocycles. The SMILES string of the molecule is CCOc1ccccc1CNC(=NC)NCC1(NC(C)c2ccccc2)CCOCC1. The van der Waals surface area contributed by atoms with Crippen LogP contribution in [0.4, 0.5) is 0 Å². The van der Waals surface area contributed by atoms with Crippen LogP contribution in [0.25, 0.3) is 0 Å². The fourth-order valence-corrected chi connectivity index (χ4v) is 4.02. The number of ether oxygens (including phenoxy) is 2. The number of aliphatic imine (C=N–C) groups is 1. The molecule has 3 rings (SSSR count). The van der Waals surface area contributed by atoms with Gasteiger partial charge in [-0.15, -0.1) is 0 Å². The highest BCUT2D eigenvalue weighted by Crippen LogP contribution is 2.25. The number of nitrogens with one attached hydrogen (secondary N) is 3. The summed E-state index contributed by atoms with van der Waals surface area (Å²) in [5.74, 6) is 1.69. The van der Waals surface area contributed by atoms with Crippen LogP contribution in [0.1, 0.15) is 43.9 Å². The maximum Gasteiger partial charge on any atom is 0.191 e. The molecule has 1 aliphatic heterocycles. The number of hydrogen-bond acceptors (Lipinski definition) is 4. The lowest BCUT2D eigenvalue weighted by Crippen LogP contribution is -2.58. The zero-order valence-corrected chi connectivity index (χ0v) is 19.0. The largest absolute Gasteiger partial charge is 0.494 e. The summed E-state index contributed by atoms with van der Waals surface area (Å²) in [5.41, 5.74) is 2.36. The van der Waals surface area contributed by atoms with Gasteiger partial charge in [0.25, 0.3) is 0 Å². The molecule has 168 valence electrons. The Hall–Kier alpha value is -2.57. The summed E-state index contributed by atoms with van der Waals surface area (Å²) in [7, 11) is 1.81. The first-order valence-electron chi connectivity index (χ1n) is 11.2. The van der Waals surface area contributed by atoms with Gasteiger partial charge in [-0.25, -0.2) is 0 Å². The van der Waals surface area contributed by atoms with Gasteiger partial charge in [-0.3, -0.25) is 4.99 Å². The van der Waals surface area contributed by atoms with Gasteiger partial charge in [0.15, 0.2) is 5.96 Å². The van der Waals surface area contributed by atoms with E-state index in [0.29, 0.717) is 13.2 Å². The topological polar surface area (TPSA) is 66.9 Å². The Balaban J connectivity index is 1.61. The molecule has 0 spiro atoms. The Morgan fingerprint density at radius 1 is 1.06 bits per heavy atom. The Labute approximate surface area is 186 Å². The monoisotopic (exact) mass is 424 g/mol. The van der Waals surface area contributed by atoms with E-state index < -0.39 is 0 Å². The van der Waals surface area contributed by atoms with Gasteiger partial charge in [0, 0.05) is 50.5 Å². The van der Waals surface area contributed by atoms with Crippen molar-refractivity contribution in [1.29, 1.82) is 0 Å². The third-order valence-electron chi connectivity index (χ3n) is 5.81. The van der Waals surface area contributed by atoms with Crippen molar-refractivity contribution >= 4 is 5.96 Å². The molecule has 2 aromatic rings. The summed E-state index contributed by atoms with van der Waals surface area (Å²) in [4.78, 5) is 4.43. The average molecular weight is 425 g/mol. The number of benzene rings is 2. The van der Waals surface area contributed by atoms with E-state index >= 15 is 0 Å². The van der Waals surface area contributed by atoms with Crippen molar-refractivity contribution in [2.24, 2.45) is 4.99 Å². The van der Waals surface area contributed by atoms with Crippen LogP contribution in [-0.4, -0.2) is 44.9 Å². The minimum absolute atomic E-state index is 0.0473. The van der Waals surface area contributed by atoms with Crippen LogP contribution >= 0.6 is 0 Å². The lowest BCUT2D eigenvalue weighted by Gasteiger charge is -2.41. The predicted octanol–water partition coefficient (Wildman–Crippen LogP) is 3.65. The van der Waals surface area contributed by atoms with Gasteiger partial charge in [-0.05, 0) is 38.3 Å². The molecule has 0 aliphatic carbocycles. The normalized spacial score (nSPS) is 17.1. The standard InChI is InChI=1S/C25H36N4O2/c1-4-31-23-13-9-8-12-22(23)18-27-24(26-3)28-19-25(14-16-30-17-15-25)29-20(2)21-10-6-5-7-11-21/h5-13,20,29H,4,14-19H2,1-3H3,(H2,26,27,28). The zero-order chi connectivity index (χ0) is 21.9. The fourth-order valence-electron chi connectivity index (χ4n) is 4.02. The molecule has 1 atom stereocenters. The van der Waals surface area contributed by atoms with Gasteiger partial charge in [0.05, 0.1) is 6.61 Å². The molecule has 1 fully saturated rings. The molecule has 3 N–H and O–H groups in total. The van der Waals surface area contributed by atoms with Crippen molar-refractivity contribution in [2.75, 3.05) is 33.4 Å². The highest BCUT2D eigenvalue weighted by Gasteiger charge is 2.34. The van der Waals surface area contributed by atoms with Crippen LogP contribution in [0, 0.1) is 0 Å². The molecular formula is C25H36N4O2. The quantitative estimate of drug-likeness (QED) is 0.424. The van der Waals surface area contributed by atoms with E-state index in [1.54, 1.807) is 7.05 Å². The second-order valence-electron chi connectivity index (χ2n) is 7.99. The summed E-state index contributed by atoms with van der Waals surface area (Å²) in [5, 5.41) is 10.8. The van der Waals surface area contributed by atoms with E-state index in [1.807, 2.05) is 25.1 Å². The van der Waals surface area contributed by atoms with Gasteiger partial charge >= 0.3 is 0 Å². The third-order valence-corrected chi connectivity index (χ3v) is 5.81. The van der Waals surface area contributed by atoms with Crippen LogP contribution in [0.5, 0.6) is 5.75 Å². The smallest absolute Gasteiger partial charge is 0.191 e. The molecular weight excluding hydrogens is 388 g/mol. The maximum atomic E-state index is 5.74. The highest BCUT2D eigenvalue weighted by molar-refractivity contribution is 5.79. The lowest BCUT2D eigenvalue weighted by atomic mass is 9.88. The van der Waals surface area contributed by atoms with E-state index in [2.05, 4.69) is 64.3 Å². The summed E-state index contributed by atoms with van der Waals surface area (Å²) in [6.45, 7) is 7.85. The van der Waals surface area contributed by atoms with E-state index in [4.69, 9.17) is 9.47 Å². The minimum Gasteiger partial charge on any atom is -0.494 e. The van der Waals surface area contributed by atoms with E-state index in [0.717, 1.165) is 49.9 Å². The second-order valence-corrected chi connectivity index (χ2v) is 7.99. The Morgan fingerprint density at radius 3 is 2.48 bits per heavy atom. The number of para-hydroxylation sites is 1. The van der Waals surface area contributed by atoms with Crippen LogP contribution in [-0.2, 0) is 11.3 Å². The first-order chi connectivity index (χ1) is 15.2. The van der Waals surface area contributed by atoms with Gasteiger partial charge in [-0.1, -0.05) is 48.5 Å². The van der Waals surface area contributed by atoms with Crippen LogP contribution in [0.2, 0.25) is 0 Å². The molecule has 31 heavy (non-hydrogen) atoms. The van der Waals surface area contributed by atoms with Crippen molar-refractivity contribution in [3.8, 4) is 5.75 Å². The number of hydrogen-bond donors (Lipinski definition) is 3. The molecule has 1 aliphatic rings. The molecule has 0 amide bonds. The Bertz CT molecular complexity index is 819. The van der Waals surface area contributed by atoms with Gasteiger partial charge in [0.1, 0.15) is 5.75 Å². The summed E-state index contributed by atoms with van der Waals surface area (Å²) >= 11 is 0. The minimum atomic E-state index is -0.0473. The summed E-state index contributed by atoms with van der Waals surface area (Å²) < 4.78 is 11.4. The Kier molecular flexibility index (Phi) is 8.74. The van der Waals surface area contributed by atoms with Crippen molar-refractivity contribution in [3.63, 3.8) is 0 Å². The molecule has 0 radical (unpaired) electrons. The molecule has 1 heterocycles. The van der Waals surface area contributed by atoms with E-state index in [9.17, 15) is 0 Å². The van der Waals surface area contributed by atoms with Crippen molar-refractivity contribution in [3.05, 3.63) is 65.7 Å². The third kappa shape index (κ3) is 6.71. The van der Waals surface area contributed by atoms with Crippen LogP contribution in [0.3, 0.4) is 0 Å². The number of nitrogens with zero attached hydrogens (tertiary/aromatic N) is 1. The average Bonchev–Trinajstić information content (AvgIpc) is 2.81. The van der Waals surface area contributed by atoms with Gasteiger partial charge in [-0.2, -0.15) is 0 Å². The summed E-state index contributed by atoms with van der Waals surface area (Å²) in [6.07, 6.45) is 1.92. The van der Waals surface area contributed by atoms with Crippen molar-refractivity contribution < 1.29 is 9.47 Å². The second kappa shape index (κ2) is 11.7. The van der Waals surface area contributed by atoms with E-state index in [1.165, 1.54) is 5.56 Å². The first-order valence-corrected chi connectivity index (χ1v) is 11.2. The number of guanidine groups is 1. The lowest BCUT2D eigenvalue weighted by molar-refractivity contribution is 0.0355. The molecule has 1 saturated heterocycles. The van der Waals surface area contributed by atoms with Crippen molar-refractivity contribution in [2.45, 2.75) is 44.8 Å².